The van der Waals surface area contributed by atoms with Crippen molar-refractivity contribution < 1.29 is 17.2 Å². The Labute approximate surface area is 207 Å². The molecule has 0 saturated carbocycles. The third-order valence-electron chi connectivity index (χ3n) is 5.94. The summed E-state index contributed by atoms with van der Waals surface area (Å²) in [6.07, 6.45) is 0. The van der Waals surface area contributed by atoms with Crippen LogP contribution in [0, 0.1) is 0 Å². The van der Waals surface area contributed by atoms with E-state index in [0.29, 0.717) is 23.8 Å². The Kier molecular flexibility index (Phi) is 8.48. The predicted molar refractivity (Wildman–Crippen MR) is 136 cm³/mol. The Bertz CT molecular complexity index is 1120. The van der Waals surface area contributed by atoms with Crippen LogP contribution in [-0.4, -0.2) is 80.2 Å². The van der Waals surface area contributed by atoms with E-state index in [-0.39, 0.29) is 19.6 Å². The lowest BCUT2D eigenvalue weighted by molar-refractivity contribution is -0.725. The summed E-state index contributed by atoms with van der Waals surface area (Å²) in [4.78, 5) is 15.6. The summed E-state index contributed by atoms with van der Waals surface area (Å²) in [6.45, 7) is 4.85. The largest absolute Gasteiger partial charge is 0.460 e. The highest BCUT2D eigenvalue weighted by Crippen LogP contribution is 2.37. The van der Waals surface area contributed by atoms with Crippen LogP contribution in [0.25, 0.3) is 0 Å². The van der Waals surface area contributed by atoms with Crippen molar-refractivity contribution in [1.29, 1.82) is 0 Å². The predicted octanol–water partition coefficient (Wildman–Crippen LogP) is 3.52. The summed E-state index contributed by atoms with van der Waals surface area (Å²) in [5.41, 5.74) is 2.17. The van der Waals surface area contributed by atoms with Gasteiger partial charge in [-0.05, 0) is 31.8 Å². The minimum atomic E-state index is -4.17. The number of nitrogens with zero attached hydrogens (tertiary/aromatic N) is 4. The van der Waals surface area contributed by atoms with Gasteiger partial charge >= 0.3 is 16.2 Å². The quantitative estimate of drug-likeness (QED) is 0.527. The molecule has 34 heavy (non-hydrogen) atoms. The van der Waals surface area contributed by atoms with Gasteiger partial charge in [0.25, 0.3) is 0 Å². The molecular weight excluding hydrogens is 474 g/mol. The summed E-state index contributed by atoms with van der Waals surface area (Å²) in [6, 6.07) is 16.0. The van der Waals surface area contributed by atoms with Gasteiger partial charge in [0.05, 0.1) is 5.92 Å². The van der Waals surface area contributed by atoms with Gasteiger partial charge in [0.2, 0.25) is 0 Å². The molecule has 1 aliphatic rings. The Morgan fingerprint density at radius 3 is 2.26 bits per heavy atom. The third-order valence-corrected chi connectivity index (χ3v) is 8.52. The molecule has 0 bridgehead atoms. The zero-order valence-electron chi connectivity index (χ0n) is 20.1. The number of urea groups is 1. The molecule has 1 heterocycles. The first-order valence-electron chi connectivity index (χ1n) is 11.4. The molecule has 2 atom stereocenters. The van der Waals surface area contributed by atoms with Gasteiger partial charge < -0.3 is 10.2 Å². The molecule has 2 unspecified atom stereocenters. The molecule has 0 aromatic heterocycles. The Hall–Kier alpha value is -2.30. The number of hydrogen-bond donors (Lipinski definition) is 1. The number of halogens is 1. The maximum absolute atomic E-state index is 14.0. The Balaban J connectivity index is 2.19. The zero-order valence-corrected chi connectivity index (χ0v) is 21.7. The first-order valence-corrected chi connectivity index (χ1v) is 13.2. The van der Waals surface area contributed by atoms with Gasteiger partial charge in [0.15, 0.2) is 0 Å². The summed E-state index contributed by atoms with van der Waals surface area (Å²) in [7, 11) is -0.391. The minimum absolute atomic E-state index is 0.0331. The van der Waals surface area contributed by atoms with Gasteiger partial charge in [-0.3, -0.25) is 0 Å². The standard InChI is InChI=1S/C24H32ClN5O3S/c1-5-29(6-2)34(32,33)30(24(31)26-16-17-28(3)4)18-22(19-10-8-7-9-11-19)23(27-30)20-12-14-21(25)15-13-20/h7-15,22H,5-6,16-18H2,1-4H3/p+1. The van der Waals surface area contributed by atoms with Crippen molar-refractivity contribution in [3.8, 4) is 0 Å². The van der Waals surface area contributed by atoms with E-state index >= 15 is 0 Å². The molecule has 1 aliphatic heterocycles. The summed E-state index contributed by atoms with van der Waals surface area (Å²) in [5.74, 6) is -0.396. The second-order valence-corrected chi connectivity index (χ2v) is 10.9. The summed E-state index contributed by atoms with van der Waals surface area (Å²) in [5, 5.41) is 8.10. The molecule has 0 saturated heterocycles. The SMILES string of the molecule is CCN(CC)S(=O)(=O)[N+]1(C(=O)NCCN(C)C)CC(c2ccccc2)C(c2ccc(Cl)cc2)=N1. The van der Waals surface area contributed by atoms with Gasteiger partial charge in [-0.1, -0.05) is 73.0 Å². The smallest absolute Gasteiger partial charge is 0.308 e. The number of benzene rings is 2. The van der Waals surface area contributed by atoms with Crippen LogP contribution in [0.1, 0.15) is 30.9 Å². The van der Waals surface area contributed by atoms with E-state index < -0.39 is 26.2 Å². The molecule has 0 radical (unpaired) electrons. The van der Waals surface area contributed by atoms with E-state index in [0.717, 1.165) is 11.1 Å². The fourth-order valence-corrected chi connectivity index (χ4v) is 6.04. The van der Waals surface area contributed by atoms with Crippen molar-refractivity contribution in [1.82, 2.24) is 14.5 Å². The van der Waals surface area contributed by atoms with Gasteiger partial charge in [-0.15, -0.1) is 0 Å². The third kappa shape index (κ3) is 5.18. The highest BCUT2D eigenvalue weighted by Gasteiger charge is 2.59. The first kappa shape index (κ1) is 26.3. The lowest BCUT2D eigenvalue weighted by Gasteiger charge is -2.30. The van der Waals surface area contributed by atoms with Crippen molar-refractivity contribution in [2.75, 3.05) is 46.8 Å². The van der Waals surface area contributed by atoms with Crippen molar-refractivity contribution >= 4 is 33.6 Å². The molecule has 184 valence electrons. The van der Waals surface area contributed by atoms with E-state index in [1.807, 2.05) is 61.5 Å². The molecular formula is C24H33ClN5O3S+. The van der Waals surface area contributed by atoms with Crippen LogP contribution < -0.4 is 5.32 Å². The number of hydrogen-bond acceptors (Lipinski definition) is 5. The van der Waals surface area contributed by atoms with E-state index in [9.17, 15) is 13.2 Å². The van der Waals surface area contributed by atoms with Gasteiger partial charge in [0.1, 0.15) is 12.3 Å². The highest BCUT2D eigenvalue weighted by atomic mass is 35.5. The van der Waals surface area contributed by atoms with Crippen LogP contribution in [0.5, 0.6) is 0 Å². The molecule has 2 amide bonds. The van der Waals surface area contributed by atoms with Crippen LogP contribution in [0.4, 0.5) is 4.79 Å². The average molecular weight is 507 g/mol. The van der Waals surface area contributed by atoms with E-state index in [1.165, 1.54) is 4.31 Å². The number of carbonyl (C=O) groups is 1. The molecule has 1 N–H and O–H groups in total. The normalized spacial score (nSPS) is 20.6. The van der Waals surface area contributed by atoms with Crippen LogP contribution >= 0.6 is 11.6 Å². The lowest BCUT2D eigenvalue weighted by atomic mass is 9.91. The molecule has 3 rings (SSSR count). The molecule has 8 nitrogen and oxygen atoms in total. The molecule has 2 aromatic rings. The number of nitrogens with one attached hydrogen (secondary N) is 1. The van der Waals surface area contributed by atoms with E-state index in [2.05, 4.69) is 5.32 Å². The van der Waals surface area contributed by atoms with Crippen molar-refractivity contribution in [3.63, 3.8) is 0 Å². The molecule has 10 heteroatoms. The Morgan fingerprint density at radius 1 is 1.09 bits per heavy atom. The van der Waals surface area contributed by atoms with Gasteiger partial charge in [-0.2, -0.15) is 12.7 Å². The maximum atomic E-state index is 14.0. The fourth-order valence-electron chi connectivity index (χ4n) is 4.08. The van der Waals surface area contributed by atoms with Gasteiger partial charge in [0, 0.05) is 40.8 Å². The van der Waals surface area contributed by atoms with E-state index in [4.69, 9.17) is 16.7 Å². The second kappa shape index (κ2) is 11.0. The molecule has 0 spiro atoms. The summed E-state index contributed by atoms with van der Waals surface area (Å²) >= 11 is 6.10. The fraction of sp³-hybridized carbons (Fsp3) is 0.417. The number of likely N-dealkylation sites (N-methyl/N-ethyl adjacent to an activating group) is 1. The molecule has 2 aromatic carbocycles. The summed E-state index contributed by atoms with van der Waals surface area (Å²) < 4.78 is 28.2. The highest BCUT2D eigenvalue weighted by molar-refractivity contribution is 7.83. The number of rotatable bonds is 9. The van der Waals surface area contributed by atoms with Crippen LogP contribution in [0.3, 0.4) is 0 Å². The number of amides is 2. The van der Waals surface area contributed by atoms with Crippen LogP contribution in [-0.2, 0) is 10.2 Å². The van der Waals surface area contributed by atoms with Crippen molar-refractivity contribution in [2.45, 2.75) is 19.8 Å². The van der Waals surface area contributed by atoms with E-state index in [1.54, 1.807) is 26.0 Å². The van der Waals surface area contributed by atoms with Crippen LogP contribution in [0.15, 0.2) is 59.7 Å². The first-order chi connectivity index (χ1) is 16.2. The Morgan fingerprint density at radius 2 is 1.71 bits per heavy atom. The minimum Gasteiger partial charge on any atom is -0.308 e. The van der Waals surface area contributed by atoms with Gasteiger partial charge in [-0.25, -0.2) is 4.79 Å². The second-order valence-electron chi connectivity index (χ2n) is 8.44. The topological polar surface area (TPSA) is 82.1 Å². The zero-order chi connectivity index (χ0) is 24.9. The average Bonchev–Trinajstić information content (AvgIpc) is 3.23. The number of quaternary nitrogens is 1. The number of carbonyl (C=O) groups excluding carboxylic acids is 1. The van der Waals surface area contributed by atoms with Crippen LogP contribution in [0.2, 0.25) is 5.02 Å². The lowest BCUT2D eigenvalue weighted by Crippen LogP contribution is -2.61. The van der Waals surface area contributed by atoms with Crippen molar-refractivity contribution in [3.05, 3.63) is 70.7 Å². The molecule has 0 aliphatic carbocycles. The van der Waals surface area contributed by atoms with Crippen molar-refractivity contribution in [2.24, 2.45) is 5.10 Å². The monoisotopic (exact) mass is 506 g/mol. The molecule has 0 fully saturated rings. The maximum Gasteiger partial charge on any atom is 0.460 e.